The molecule has 0 unspecified atom stereocenters. The highest BCUT2D eigenvalue weighted by Gasteiger charge is 2.24. The molecule has 1 saturated carbocycles. The number of nitrogens with zero attached hydrogens (tertiary/aromatic N) is 4. The van der Waals surface area contributed by atoms with Crippen LogP contribution in [0.4, 0.5) is 5.82 Å². The molecule has 4 aromatic rings. The van der Waals surface area contributed by atoms with Gasteiger partial charge in [-0.15, -0.1) is 0 Å². The van der Waals surface area contributed by atoms with E-state index >= 15 is 0 Å². The summed E-state index contributed by atoms with van der Waals surface area (Å²) in [5.74, 6) is 2.61. The highest BCUT2D eigenvalue weighted by Crippen LogP contribution is 2.32. The molecule has 212 valence electrons. The van der Waals surface area contributed by atoms with Crippen molar-refractivity contribution in [3.8, 4) is 11.1 Å². The lowest BCUT2D eigenvalue weighted by Crippen LogP contribution is -2.30. The summed E-state index contributed by atoms with van der Waals surface area (Å²) in [5, 5.41) is 8.52. The van der Waals surface area contributed by atoms with E-state index in [0.29, 0.717) is 6.54 Å². The quantitative estimate of drug-likeness (QED) is 0.251. The molecule has 0 radical (unpaired) electrons. The molecule has 2 aromatic carbocycles. The molecule has 0 bridgehead atoms. The lowest BCUT2D eigenvalue weighted by atomic mass is 9.90. The van der Waals surface area contributed by atoms with Gasteiger partial charge < -0.3 is 20.6 Å². The van der Waals surface area contributed by atoms with Crippen molar-refractivity contribution in [2.45, 2.75) is 71.9 Å². The Bertz CT molecular complexity index is 1590. The van der Waals surface area contributed by atoms with E-state index in [9.17, 15) is 0 Å². The number of anilines is 1. The van der Waals surface area contributed by atoms with E-state index in [0.717, 1.165) is 66.0 Å². The van der Waals surface area contributed by atoms with Crippen molar-refractivity contribution in [2.75, 3.05) is 24.5 Å². The molecule has 4 heterocycles. The van der Waals surface area contributed by atoms with Gasteiger partial charge in [0.05, 0.1) is 12.1 Å². The number of pyridine rings is 1. The second-order valence-corrected chi connectivity index (χ2v) is 12.3. The number of hydrazone groups is 1. The molecule has 1 aliphatic carbocycles. The number of hydrogen-bond donors (Lipinski definition) is 3. The molecule has 3 N–H and O–H groups in total. The molecule has 0 atom stereocenters. The van der Waals surface area contributed by atoms with E-state index in [1.54, 1.807) is 0 Å². The SMILES string of the molecule is Cc1cc(CNCC2CCCC2)cc(-c2cc3c(cc2C)CNN=C3c2nc3c(N4CCCCC4)nccc3[nH]2)c1. The van der Waals surface area contributed by atoms with Gasteiger partial charge in [-0.3, -0.25) is 0 Å². The van der Waals surface area contributed by atoms with Gasteiger partial charge >= 0.3 is 0 Å². The molecule has 7 heteroatoms. The Morgan fingerprint density at radius 2 is 1.80 bits per heavy atom. The van der Waals surface area contributed by atoms with Gasteiger partial charge in [-0.2, -0.15) is 5.10 Å². The molecule has 7 nitrogen and oxygen atoms in total. The zero-order chi connectivity index (χ0) is 27.8. The molecule has 3 aliphatic rings. The standard InChI is InChI=1S/C34H41N7/c1-22-14-25(20-35-19-24-8-4-5-9-24)17-26(15-22)28-18-29-27(16-23(28)2)21-37-40-31(29)33-38-30-10-11-36-34(32(30)39-33)41-12-6-3-7-13-41/h10-11,14-18,24,35,37H,3-9,12-13,19-21H2,1-2H3,(H,38,39). The third-order valence-corrected chi connectivity index (χ3v) is 9.11. The average molecular weight is 548 g/mol. The first-order chi connectivity index (χ1) is 20.1. The number of imidazole rings is 1. The Morgan fingerprint density at radius 3 is 2.66 bits per heavy atom. The van der Waals surface area contributed by atoms with Crippen molar-refractivity contribution in [1.29, 1.82) is 0 Å². The van der Waals surface area contributed by atoms with Crippen molar-refractivity contribution >= 4 is 22.6 Å². The van der Waals surface area contributed by atoms with Crippen LogP contribution in [0.1, 0.15) is 78.6 Å². The number of aromatic amines is 1. The first-order valence-corrected chi connectivity index (χ1v) is 15.5. The van der Waals surface area contributed by atoms with Crippen LogP contribution < -0.4 is 15.6 Å². The predicted molar refractivity (Wildman–Crippen MR) is 167 cm³/mol. The fourth-order valence-electron chi connectivity index (χ4n) is 7.02. The van der Waals surface area contributed by atoms with E-state index in [2.05, 4.69) is 64.8 Å². The third-order valence-electron chi connectivity index (χ3n) is 9.11. The van der Waals surface area contributed by atoms with Gasteiger partial charge in [0, 0.05) is 31.4 Å². The van der Waals surface area contributed by atoms with Gasteiger partial charge in [-0.25, -0.2) is 9.97 Å². The molecule has 1 saturated heterocycles. The molecule has 0 amide bonds. The van der Waals surface area contributed by atoms with E-state index in [-0.39, 0.29) is 0 Å². The zero-order valence-electron chi connectivity index (χ0n) is 24.4. The highest BCUT2D eigenvalue weighted by atomic mass is 15.3. The van der Waals surface area contributed by atoms with E-state index in [4.69, 9.17) is 15.1 Å². The number of rotatable bonds is 7. The van der Waals surface area contributed by atoms with E-state index < -0.39 is 0 Å². The van der Waals surface area contributed by atoms with Gasteiger partial charge in [0.1, 0.15) is 11.2 Å². The van der Waals surface area contributed by atoms with Crippen molar-refractivity contribution < 1.29 is 0 Å². The van der Waals surface area contributed by atoms with Crippen molar-refractivity contribution in [3.05, 3.63) is 76.2 Å². The summed E-state index contributed by atoms with van der Waals surface area (Å²) in [4.78, 5) is 15.8. The van der Waals surface area contributed by atoms with Crippen LogP contribution in [-0.2, 0) is 13.1 Å². The number of H-pyrrole nitrogens is 1. The smallest absolute Gasteiger partial charge is 0.159 e. The fourth-order valence-corrected chi connectivity index (χ4v) is 7.02. The Hall–Kier alpha value is -3.71. The number of benzene rings is 2. The third kappa shape index (κ3) is 5.35. The second kappa shape index (κ2) is 11.3. The predicted octanol–water partition coefficient (Wildman–Crippen LogP) is 6.37. The first kappa shape index (κ1) is 26.2. The largest absolute Gasteiger partial charge is 0.355 e. The minimum absolute atomic E-state index is 0.713. The number of aryl methyl sites for hydroxylation is 2. The van der Waals surface area contributed by atoms with Gasteiger partial charge in [-0.05, 0) is 104 Å². The molecule has 0 spiro atoms. The van der Waals surface area contributed by atoms with Crippen molar-refractivity contribution in [2.24, 2.45) is 11.0 Å². The van der Waals surface area contributed by atoms with Crippen LogP contribution >= 0.6 is 0 Å². The van der Waals surface area contributed by atoms with Crippen LogP contribution in [0.25, 0.3) is 22.2 Å². The fraction of sp³-hybridized carbons (Fsp3) is 0.441. The number of nitrogens with one attached hydrogen (secondary N) is 3. The summed E-state index contributed by atoms with van der Waals surface area (Å²) in [7, 11) is 0. The number of aromatic nitrogens is 3. The number of fused-ring (bicyclic) bond motifs is 2. The maximum Gasteiger partial charge on any atom is 0.159 e. The van der Waals surface area contributed by atoms with Crippen molar-refractivity contribution in [3.63, 3.8) is 0 Å². The molecule has 7 rings (SSSR count). The van der Waals surface area contributed by atoms with Crippen LogP contribution in [-0.4, -0.2) is 40.3 Å². The molecule has 41 heavy (non-hydrogen) atoms. The lowest BCUT2D eigenvalue weighted by molar-refractivity contribution is 0.489. The van der Waals surface area contributed by atoms with Gasteiger partial charge in [0.15, 0.2) is 11.6 Å². The molecule has 2 aromatic heterocycles. The maximum absolute atomic E-state index is 5.09. The minimum atomic E-state index is 0.713. The number of hydrogen-bond acceptors (Lipinski definition) is 6. The lowest BCUT2D eigenvalue weighted by Gasteiger charge is -2.27. The normalized spacial score (nSPS) is 17.5. The first-order valence-electron chi connectivity index (χ1n) is 15.5. The summed E-state index contributed by atoms with van der Waals surface area (Å²) in [6.07, 6.45) is 11.1. The number of piperidine rings is 1. The highest BCUT2D eigenvalue weighted by molar-refractivity contribution is 6.14. The average Bonchev–Trinajstić information content (AvgIpc) is 3.67. The summed E-state index contributed by atoms with van der Waals surface area (Å²) in [6, 6.07) is 13.6. The maximum atomic E-state index is 5.09. The van der Waals surface area contributed by atoms with Crippen LogP contribution in [0.2, 0.25) is 0 Å². The van der Waals surface area contributed by atoms with E-state index in [1.807, 2.05) is 12.3 Å². The van der Waals surface area contributed by atoms with Crippen LogP contribution in [0, 0.1) is 19.8 Å². The molecular formula is C34H41N7. The Kier molecular flexibility index (Phi) is 7.21. The zero-order valence-corrected chi connectivity index (χ0v) is 24.4. The van der Waals surface area contributed by atoms with Crippen LogP contribution in [0.3, 0.4) is 0 Å². The van der Waals surface area contributed by atoms with Crippen LogP contribution in [0.5, 0.6) is 0 Å². The Balaban J connectivity index is 1.21. The molecule has 2 fully saturated rings. The topological polar surface area (TPSA) is 81.2 Å². The van der Waals surface area contributed by atoms with Gasteiger partial charge in [-0.1, -0.05) is 36.6 Å². The summed E-state index contributed by atoms with van der Waals surface area (Å²) in [6.45, 7) is 9.26. The summed E-state index contributed by atoms with van der Waals surface area (Å²) < 4.78 is 0. The molecular weight excluding hydrogens is 506 g/mol. The Labute approximate surface area is 242 Å². The summed E-state index contributed by atoms with van der Waals surface area (Å²) >= 11 is 0. The van der Waals surface area contributed by atoms with Crippen LogP contribution in [0.15, 0.2) is 47.7 Å². The second-order valence-electron chi connectivity index (χ2n) is 12.3. The minimum Gasteiger partial charge on any atom is -0.355 e. The molecule has 2 aliphatic heterocycles. The van der Waals surface area contributed by atoms with Crippen molar-refractivity contribution in [1.82, 2.24) is 25.7 Å². The van der Waals surface area contributed by atoms with E-state index in [1.165, 1.54) is 78.3 Å². The monoisotopic (exact) mass is 547 g/mol. The van der Waals surface area contributed by atoms with Gasteiger partial charge in [0.2, 0.25) is 0 Å². The van der Waals surface area contributed by atoms with Gasteiger partial charge in [0.25, 0.3) is 0 Å². The summed E-state index contributed by atoms with van der Waals surface area (Å²) in [5.41, 5.74) is 14.9. The Morgan fingerprint density at radius 1 is 0.951 bits per heavy atom.